The second kappa shape index (κ2) is 6.43. The van der Waals surface area contributed by atoms with Crippen molar-refractivity contribution in [2.24, 2.45) is 5.84 Å². The van der Waals surface area contributed by atoms with Gasteiger partial charge < -0.3 is 9.64 Å². The van der Waals surface area contributed by atoms with Gasteiger partial charge in [0.2, 0.25) is 0 Å². The predicted octanol–water partition coefficient (Wildman–Crippen LogP) is 0.974. The number of nitrogens with zero attached hydrogens (tertiary/aromatic N) is 1. The van der Waals surface area contributed by atoms with E-state index in [1.165, 1.54) is 0 Å². The molecule has 2 unspecified atom stereocenters. The van der Waals surface area contributed by atoms with Crippen LogP contribution in [0.1, 0.15) is 34.1 Å². The van der Waals surface area contributed by atoms with Crippen LogP contribution in [0, 0.1) is 0 Å². The Morgan fingerprint density at radius 3 is 2.20 bits per heavy atom. The van der Waals surface area contributed by atoms with E-state index in [4.69, 9.17) is 10.6 Å². The van der Waals surface area contributed by atoms with E-state index in [1.807, 2.05) is 13.8 Å². The number of ether oxygens (including phenoxy) is 1. The van der Waals surface area contributed by atoms with E-state index in [2.05, 4.69) is 38.3 Å². The van der Waals surface area contributed by atoms with Crippen LogP contribution in [0.4, 0.5) is 0 Å². The molecular formula is C11H27N3O. The van der Waals surface area contributed by atoms with Crippen molar-refractivity contribution in [3.63, 3.8) is 0 Å². The first-order valence-electron chi connectivity index (χ1n) is 5.63. The normalized spacial score (nSPS) is 18.2. The van der Waals surface area contributed by atoms with Crippen LogP contribution in [-0.4, -0.2) is 43.3 Å². The van der Waals surface area contributed by atoms with Crippen LogP contribution in [0.15, 0.2) is 0 Å². The maximum absolute atomic E-state index is 5.62. The second-order valence-electron chi connectivity index (χ2n) is 4.71. The lowest BCUT2D eigenvalue weighted by atomic mass is 9.89. The minimum atomic E-state index is 0.0175. The van der Waals surface area contributed by atoms with Crippen molar-refractivity contribution in [1.29, 1.82) is 0 Å². The average molecular weight is 217 g/mol. The molecule has 0 saturated heterocycles. The molecule has 0 aliphatic rings. The van der Waals surface area contributed by atoms with Gasteiger partial charge in [-0.15, -0.1) is 0 Å². The number of hydrogen-bond donors (Lipinski definition) is 2. The molecule has 0 saturated carbocycles. The molecule has 0 spiro atoms. The molecule has 0 bridgehead atoms. The maximum atomic E-state index is 5.62. The third kappa shape index (κ3) is 4.07. The first-order chi connectivity index (χ1) is 6.88. The van der Waals surface area contributed by atoms with Crippen LogP contribution in [0.25, 0.3) is 0 Å². The summed E-state index contributed by atoms with van der Waals surface area (Å²) in [4.78, 5) is 2.20. The Labute approximate surface area is 94.1 Å². The lowest BCUT2D eigenvalue weighted by Gasteiger charge is -2.42. The van der Waals surface area contributed by atoms with Crippen LogP contribution in [-0.2, 0) is 4.74 Å². The third-order valence-electron chi connectivity index (χ3n) is 3.29. The number of nitrogens with one attached hydrogen (secondary N) is 1. The van der Waals surface area contributed by atoms with Gasteiger partial charge >= 0.3 is 0 Å². The summed E-state index contributed by atoms with van der Waals surface area (Å²) in [5.41, 5.74) is 2.88. The highest BCUT2D eigenvalue weighted by Gasteiger charge is 2.34. The predicted molar refractivity (Wildman–Crippen MR) is 64.6 cm³/mol. The summed E-state index contributed by atoms with van der Waals surface area (Å²) in [6, 6.07) is 0.139. The summed E-state index contributed by atoms with van der Waals surface area (Å²) in [6.07, 6.45) is 1.26. The smallest absolute Gasteiger partial charge is 0.0654 e. The fourth-order valence-electron chi connectivity index (χ4n) is 1.57. The quantitative estimate of drug-likeness (QED) is 0.493. The third-order valence-corrected chi connectivity index (χ3v) is 3.29. The molecule has 3 N–H and O–H groups in total. The molecule has 0 radical (unpaired) electrons. The van der Waals surface area contributed by atoms with E-state index >= 15 is 0 Å². The minimum Gasteiger partial charge on any atom is -0.377 e. The Morgan fingerprint density at radius 1 is 1.40 bits per heavy atom. The van der Waals surface area contributed by atoms with E-state index in [-0.39, 0.29) is 17.7 Å². The highest BCUT2D eigenvalue weighted by Crippen LogP contribution is 2.21. The van der Waals surface area contributed by atoms with E-state index in [0.29, 0.717) is 6.61 Å². The molecule has 0 aliphatic carbocycles. The largest absolute Gasteiger partial charge is 0.377 e. The summed E-state index contributed by atoms with van der Waals surface area (Å²) in [5, 5.41) is 0. The average Bonchev–Trinajstić information content (AvgIpc) is 2.17. The topological polar surface area (TPSA) is 50.5 Å². The van der Waals surface area contributed by atoms with Gasteiger partial charge in [-0.05, 0) is 41.3 Å². The van der Waals surface area contributed by atoms with Crippen LogP contribution in [0.5, 0.6) is 0 Å². The van der Waals surface area contributed by atoms with Crippen molar-refractivity contribution in [3.05, 3.63) is 0 Å². The molecule has 2 atom stereocenters. The van der Waals surface area contributed by atoms with Gasteiger partial charge in [-0.3, -0.25) is 11.3 Å². The van der Waals surface area contributed by atoms with Crippen molar-refractivity contribution in [2.75, 3.05) is 20.7 Å². The molecule has 0 aromatic heterocycles. The number of hydrazine groups is 1. The Hall–Kier alpha value is -0.160. The van der Waals surface area contributed by atoms with E-state index in [9.17, 15) is 0 Å². The standard InChI is InChI=1S/C11H27N3O/c1-7-11(4,14(5)6)10(13-12)8-15-9(2)3/h9-10,13H,7-8,12H2,1-6H3. The van der Waals surface area contributed by atoms with Gasteiger partial charge in [-0.1, -0.05) is 6.92 Å². The first-order valence-corrected chi connectivity index (χ1v) is 5.63. The number of rotatable bonds is 7. The number of hydrogen-bond acceptors (Lipinski definition) is 4. The molecule has 0 aromatic rings. The number of nitrogens with two attached hydrogens (primary N) is 1. The molecule has 0 rings (SSSR count). The van der Waals surface area contributed by atoms with Crippen molar-refractivity contribution in [3.8, 4) is 0 Å². The SMILES string of the molecule is CCC(C)(C(COC(C)C)NN)N(C)C. The summed E-state index contributed by atoms with van der Waals surface area (Å²) in [5.74, 6) is 5.60. The van der Waals surface area contributed by atoms with Crippen LogP contribution >= 0.6 is 0 Å². The zero-order valence-corrected chi connectivity index (χ0v) is 11.0. The first kappa shape index (κ1) is 14.8. The maximum Gasteiger partial charge on any atom is 0.0654 e. The van der Waals surface area contributed by atoms with Crippen LogP contribution in [0.3, 0.4) is 0 Å². The van der Waals surface area contributed by atoms with Crippen molar-refractivity contribution in [2.45, 2.75) is 51.8 Å². The molecule has 0 aliphatic heterocycles. The summed E-state index contributed by atoms with van der Waals surface area (Å²) < 4.78 is 5.62. The zero-order valence-electron chi connectivity index (χ0n) is 11.0. The van der Waals surface area contributed by atoms with Gasteiger partial charge in [-0.25, -0.2) is 0 Å². The monoisotopic (exact) mass is 217 g/mol. The van der Waals surface area contributed by atoms with Gasteiger partial charge in [-0.2, -0.15) is 0 Å². The zero-order chi connectivity index (χ0) is 12.1. The molecule has 4 heteroatoms. The molecule has 0 fully saturated rings. The van der Waals surface area contributed by atoms with Gasteiger partial charge in [0.25, 0.3) is 0 Å². The van der Waals surface area contributed by atoms with Crippen LogP contribution < -0.4 is 11.3 Å². The Bertz CT molecular complexity index is 173. The molecule has 15 heavy (non-hydrogen) atoms. The van der Waals surface area contributed by atoms with Crippen molar-refractivity contribution < 1.29 is 4.74 Å². The minimum absolute atomic E-state index is 0.0175. The molecule has 0 amide bonds. The highest BCUT2D eigenvalue weighted by molar-refractivity contribution is 4.93. The fourth-order valence-corrected chi connectivity index (χ4v) is 1.57. The molecular weight excluding hydrogens is 190 g/mol. The van der Waals surface area contributed by atoms with Crippen LogP contribution in [0.2, 0.25) is 0 Å². The second-order valence-corrected chi connectivity index (χ2v) is 4.71. The molecule has 0 heterocycles. The number of likely N-dealkylation sites (N-methyl/N-ethyl adjacent to an activating group) is 1. The van der Waals surface area contributed by atoms with Gasteiger partial charge in [0.05, 0.1) is 18.8 Å². The molecule has 92 valence electrons. The van der Waals surface area contributed by atoms with Crippen molar-refractivity contribution >= 4 is 0 Å². The van der Waals surface area contributed by atoms with Crippen molar-refractivity contribution in [1.82, 2.24) is 10.3 Å². The lowest BCUT2D eigenvalue weighted by molar-refractivity contribution is 0.0112. The van der Waals surface area contributed by atoms with Gasteiger partial charge in [0.15, 0.2) is 0 Å². The summed E-state index contributed by atoms with van der Waals surface area (Å²) >= 11 is 0. The summed E-state index contributed by atoms with van der Waals surface area (Å²) in [6.45, 7) is 9.07. The summed E-state index contributed by atoms with van der Waals surface area (Å²) in [7, 11) is 4.15. The van der Waals surface area contributed by atoms with E-state index in [0.717, 1.165) is 6.42 Å². The lowest BCUT2D eigenvalue weighted by Crippen LogP contribution is -2.60. The Kier molecular flexibility index (Phi) is 6.36. The molecule has 4 nitrogen and oxygen atoms in total. The highest BCUT2D eigenvalue weighted by atomic mass is 16.5. The van der Waals surface area contributed by atoms with Gasteiger partial charge in [0, 0.05) is 5.54 Å². The molecule has 0 aromatic carbocycles. The Balaban J connectivity index is 4.47. The van der Waals surface area contributed by atoms with E-state index < -0.39 is 0 Å². The van der Waals surface area contributed by atoms with Gasteiger partial charge in [0.1, 0.15) is 0 Å². The fraction of sp³-hybridized carbons (Fsp3) is 1.00. The Morgan fingerprint density at radius 2 is 1.93 bits per heavy atom. The van der Waals surface area contributed by atoms with E-state index in [1.54, 1.807) is 0 Å².